The fourth-order valence-electron chi connectivity index (χ4n) is 5.07. The van der Waals surface area contributed by atoms with Gasteiger partial charge in [-0.1, -0.05) is 0 Å². The minimum atomic E-state index is -0.0763. The molecule has 4 heterocycles. The lowest BCUT2D eigenvalue weighted by Crippen LogP contribution is -2.46. The SMILES string of the molecule is CC1CN(c2nccc([C@@H]3CN(CC4CCOC4)C[C@H]3C(=O)N(C)C)n2)CC(C)O1. The highest BCUT2D eigenvalue weighted by Gasteiger charge is 2.41. The van der Waals surface area contributed by atoms with Crippen molar-refractivity contribution in [3.63, 3.8) is 0 Å². The van der Waals surface area contributed by atoms with Crippen molar-refractivity contribution in [2.24, 2.45) is 11.8 Å². The number of amides is 1. The van der Waals surface area contributed by atoms with Crippen LogP contribution in [-0.4, -0.2) is 97.9 Å². The molecule has 30 heavy (non-hydrogen) atoms. The Labute approximate surface area is 179 Å². The molecule has 0 aliphatic carbocycles. The van der Waals surface area contributed by atoms with E-state index >= 15 is 0 Å². The van der Waals surface area contributed by atoms with Gasteiger partial charge in [0.05, 0.1) is 30.4 Å². The highest BCUT2D eigenvalue weighted by atomic mass is 16.5. The molecule has 3 saturated heterocycles. The second-order valence-electron chi connectivity index (χ2n) is 9.34. The van der Waals surface area contributed by atoms with E-state index in [9.17, 15) is 4.79 Å². The van der Waals surface area contributed by atoms with Crippen molar-refractivity contribution in [1.82, 2.24) is 19.8 Å². The molecule has 3 aliphatic heterocycles. The van der Waals surface area contributed by atoms with Crippen molar-refractivity contribution < 1.29 is 14.3 Å². The van der Waals surface area contributed by atoms with Gasteiger partial charge in [0.2, 0.25) is 11.9 Å². The van der Waals surface area contributed by atoms with E-state index in [0.717, 1.165) is 64.0 Å². The molecule has 3 unspecified atom stereocenters. The standard InChI is InChI=1S/C22H35N5O3/c1-15-9-27(10-16(2)30-15)22-23-7-5-20(24-22)18-12-26(11-17-6-8-29-14-17)13-19(18)21(28)25(3)4/h5,7,15-19H,6,8-14H2,1-4H3/t15?,16?,17?,18-,19-/m1/s1. The molecule has 0 spiro atoms. The molecule has 3 fully saturated rings. The first-order chi connectivity index (χ1) is 14.4. The van der Waals surface area contributed by atoms with Crippen LogP contribution in [-0.2, 0) is 14.3 Å². The first-order valence-corrected chi connectivity index (χ1v) is 11.1. The van der Waals surface area contributed by atoms with Crippen LogP contribution < -0.4 is 4.90 Å². The summed E-state index contributed by atoms with van der Waals surface area (Å²) in [5, 5.41) is 0. The Hall–Kier alpha value is -1.77. The van der Waals surface area contributed by atoms with Crippen molar-refractivity contribution in [1.29, 1.82) is 0 Å². The fourth-order valence-corrected chi connectivity index (χ4v) is 5.07. The molecule has 0 radical (unpaired) electrons. The molecule has 0 N–H and O–H groups in total. The average Bonchev–Trinajstić information content (AvgIpc) is 3.37. The number of anilines is 1. The third kappa shape index (κ3) is 4.76. The fraction of sp³-hybridized carbons (Fsp3) is 0.773. The number of rotatable bonds is 5. The lowest BCUT2D eigenvalue weighted by Gasteiger charge is -2.35. The van der Waals surface area contributed by atoms with E-state index in [4.69, 9.17) is 14.5 Å². The largest absolute Gasteiger partial charge is 0.381 e. The van der Waals surface area contributed by atoms with E-state index in [1.807, 2.05) is 26.4 Å². The van der Waals surface area contributed by atoms with E-state index in [1.165, 1.54) is 0 Å². The molecular weight excluding hydrogens is 382 g/mol. The molecule has 8 nitrogen and oxygen atoms in total. The minimum absolute atomic E-state index is 0.0763. The summed E-state index contributed by atoms with van der Waals surface area (Å²) in [5.41, 5.74) is 0.970. The molecule has 4 rings (SSSR count). The maximum absolute atomic E-state index is 13.0. The van der Waals surface area contributed by atoms with Gasteiger partial charge in [-0.25, -0.2) is 9.97 Å². The quantitative estimate of drug-likeness (QED) is 0.714. The number of hydrogen-bond acceptors (Lipinski definition) is 7. The molecule has 0 aromatic carbocycles. The average molecular weight is 418 g/mol. The summed E-state index contributed by atoms with van der Waals surface area (Å²) >= 11 is 0. The number of aromatic nitrogens is 2. The second kappa shape index (κ2) is 9.16. The van der Waals surface area contributed by atoms with Crippen LogP contribution in [0.2, 0.25) is 0 Å². The van der Waals surface area contributed by atoms with E-state index in [2.05, 4.69) is 28.6 Å². The normalized spacial score (nSPS) is 32.5. The van der Waals surface area contributed by atoms with Gasteiger partial charge in [-0.3, -0.25) is 4.79 Å². The predicted molar refractivity (Wildman–Crippen MR) is 115 cm³/mol. The zero-order chi connectivity index (χ0) is 21.3. The van der Waals surface area contributed by atoms with E-state index in [1.54, 1.807) is 4.90 Å². The Morgan fingerprint density at radius 3 is 2.63 bits per heavy atom. The van der Waals surface area contributed by atoms with Crippen molar-refractivity contribution in [2.45, 2.75) is 38.4 Å². The summed E-state index contributed by atoms with van der Waals surface area (Å²) in [7, 11) is 3.68. The smallest absolute Gasteiger partial charge is 0.227 e. The minimum Gasteiger partial charge on any atom is -0.381 e. The van der Waals surface area contributed by atoms with Gasteiger partial charge in [-0.05, 0) is 32.3 Å². The molecule has 1 aromatic heterocycles. The van der Waals surface area contributed by atoms with Crippen LogP contribution in [0, 0.1) is 11.8 Å². The molecule has 1 amide bonds. The first-order valence-electron chi connectivity index (χ1n) is 11.1. The molecule has 3 aliphatic rings. The summed E-state index contributed by atoms with van der Waals surface area (Å²) in [6, 6.07) is 1.99. The van der Waals surface area contributed by atoms with Gasteiger partial charge in [0.25, 0.3) is 0 Å². The van der Waals surface area contributed by atoms with E-state index in [0.29, 0.717) is 5.92 Å². The molecule has 0 saturated carbocycles. The van der Waals surface area contributed by atoms with Crippen LogP contribution in [0.15, 0.2) is 12.3 Å². The van der Waals surface area contributed by atoms with Gasteiger partial charge in [0.1, 0.15) is 0 Å². The van der Waals surface area contributed by atoms with Crippen LogP contribution >= 0.6 is 0 Å². The highest BCUT2D eigenvalue weighted by molar-refractivity contribution is 5.80. The number of likely N-dealkylation sites (tertiary alicyclic amines) is 1. The Bertz CT molecular complexity index is 729. The van der Waals surface area contributed by atoms with E-state index in [-0.39, 0.29) is 30.0 Å². The zero-order valence-electron chi connectivity index (χ0n) is 18.7. The van der Waals surface area contributed by atoms with Crippen molar-refractivity contribution in [3.8, 4) is 0 Å². The molecular formula is C22H35N5O3. The van der Waals surface area contributed by atoms with Gasteiger partial charge >= 0.3 is 0 Å². The maximum Gasteiger partial charge on any atom is 0.227 e. The van der Waals surface area contributed by atoms with Gasteiger partial charge in [-0.15, -0.1) is 0 Å². The van der Waals surface area contributed by atoms with Gasteiger partial charge in [0, 0.05) is 65.5 Å². The number of morpholine rings is 1. The Kier molecular flexibility index (Phi) is 6.55. The van der Waals surface area contributed by atoms with Gasteiger partial charge in [0.15, 0.2) is 0 Å². The number of hydrogen-bond donors (Lipinski definition) is 0. The number of nitrogens with zero attached hydrogens (tertiary/aromatic N) is 5. The Balaban J connectivity index is 1.54. The molecule has 166 valence electrons. The first kappa shape index (κ1) is 21.5. The third-order valence-electron chi connectivity index (χ3n) is 6.44. The Morgan fingerprint density at radius 1 is 1.20 bits per heavy atom. The molecule has 8 heteroatoms. The molecule has 5 atom stereocenters. The van der Waals surface area contributed by atoms with Gasteiger partial charge < -0.3 is 24.2 Å². The van der Waals surface area contributed by atoms with Crippen LogP contribution in [0.5, 0.6) is 0 Å². The lowest BCUT2D eigenvalue weighted by atomic mass is 9.91. The van der Waals surface area contributed by atoms with Crippen molar-refractivity contribution in [2.75, 3.05) is 64.9 Å². The van der Waals surface area contributed by atoms with Crippen LogP contribution in [0.25, 0.3) is 0 Å². The van der Waals surface area contributed by atoms with Crippen LogP contribution in [0.3, 0.4) is 0 Å². The van der Waals surface area contributed by atoms with Crippen LogP contribution in [0.1, 0.15) is 31.9 Å². The summed E-state index contributed by atoms with van der Waals surface area (Å²) in [5.74, 6) is 1.50. The van der Waals surface area contributed by atoms with Crippen molar-refractivity contribution >= 4 is 11.9 Å². The monoisotopic (exact) mass is 417 g/mol. The van der Waals surface area contributed by atoms with Crippen molar-refractivity contribution in [3.05, 3.63) is 18.0 Å². The molecule has 1 aromatic rings. The summed E-state index contributed by atoms with van der Waals surface area (Å²) < 4.78 is 11.4. The molecule has 0 bridgehead atoms. The summed E-state index contributed by atoms with van der Waals surface area (Å²) in [6.45, 7) is 10.0. The summed E-state index contributed by atoms with van der Waals surface area (Å²) in [4.78, 5) is 28.8. The van der Waals surface area contributed by atoms with Crippen LogP contribution in [0.4, 0.5) is 5.95 Å². The van der Waals surface area contributed by atoms with E-state index < -0.39 is 0 Å². The number of ether oxygens (including phenoxy) is 2. The maximum atomic E-state index is 13.0. The number of carbonyl (C=O) groups excluding carboxylic acids is 1. The predicted octanol–water partition coefficient (Wildman–Crippen LogP) is 1.23. The summed E-state index contributed by atoms with van der Waals surface area (Å²) in [6.07, 6.45) is 3.25. The topological polar surface area (TPSA) is 71.0 Å². The van der Waals surface area contributed by atoms with Gasteiger partial charge in [-0.2, -0.15) is 0 Å². The lowest BCUT2D eigenvalue weighted by molar-refractivity contribution is -0.133. The number of carbonyl (C=O) groups is 1. The third-order valence-corrected chi connectivity index (χ3v) is 6.44. The Morgan fingerprint density at radius 2 is 1.97 bits per heavy atom. The second-order valence-corrected chi connectivity index (χ2v) is 9.34. The zero-order valence-corrected chi connectivity index (χ0v) is 18.7. The highest BCUT2D eigenvalue weighted by Crippen LogP contribution is 2.34.